The third-order valence-electron chi connectivity index (χ3n) is 5.29. The van der Waals surface area contributed by atoms with Crippen molar-refractivity contribution in [3.05, 3.63) is 24.3 Å². The van der Waals surface area contributed by atoms with Gasteiger partial charge in [0, 0.05) is 26.6 Å². The van der Waals surface area contributed by atoms with Crippen LogP contribution in [0.4, 0.5) is 0 Å². The maximum atomic E-state index is 12.8. The Morgan fingerprint density at radius 2 is 2.14 bits per heavy atom. The Bertz CT molecular complexity index is 557. The zero-order valence-electron chi connectivity index (χ0n) is 13.7. The summed E-state index contributed by atoms with van der Waals surface area (Å²) in [6.07, 6.45) is 12.2. The van der Waals surface area contributed by atoms with E-state index >= 15 is 0 Å². The third-order valence-corrected chi connectivity index (χ3v) is 5.29. The van der Waals surface area contributed by atoms with Gasteiger partial charge in [-0.25, -0.2) is 0 Å². The van der Waals surface area contributed by atoms with E-state index in [4.69, 9.17) is 0 Å². The molecule has 5 nitrogen and oxygen atoms in total. The number of carbonyl (C=O) groups is 1. The first-order valence-electron chi connectivity index (χ1n) is 8.36. The fraction of sp³-hybridized carbons (Fsp3) is 0.706. The lowest BCUT2D eigenvalue weighted by atomic mass is 9.77. The van der Waals surface area contributed by atoms with E-state index < -0.39 is 0 Å². The van der Waals surface area contributed by atoms with Crippen LogP contribution in [0, 0.1) is 11.3 Å². The van der Waals surface area contributed by atoms with Gasteiger partial charge in [-0.05, 0) is 38.0 Å². The van der Waals surface area contributed by atoms with Gasteiger partial charge in [-0.3, -0.25) is 4.79 Å². The average molecular weight is 302 g/mol. The van der Waals surface area contributed by atoms with Crippen molar-refractivity contribution in [2.75, 3.05) is 13.1 Å². The van der Waals surface area contributed by atoms with Crippen molar-refractivity contribution in [1.29, 1.82) is 0 Å². The molecule has 0 saturated carbocycles. The molecule has 3 rings (SSSR count). The molecular weight excluding hydrogens is 276 g/mol. The van der Waals surface area contributed by atoms with Crippen LogP contribution in [-0.4, -0.2) is 38.7 Å². The van der Waals surface area contributed by atoms with Crippen LogP contribution in [0.5, 0.6) is 0 Å². The number of aromatic nitrogens is 3. The minimum absolute atomic E-state index is 0.175. The number of amides is 1. The van der Waals surface area contributed by atoms with Crippen molar-refractivity contribution in [2.45, 2.75) is 45.4 Å². The smallest absolute Gasteiger partial charge is 0.228 e. The molecule has 1 amide bonds. The molecule has 120 valence electrons. The molecule has 1 aliphatic carbocycles. The number of aryl methyl sites for hydroxylation is 1. The van der Waals surface area contributed by atoms with E-state index in [-0.39, 0.29) is 5.41 Å². The topological polar surface area (TPSA) is 51.0 Å². The zero-order valence-corrected chi connectivity index (χ0v) is 13.7. The third kappa shape index (κ3) is 3.08. The first-order valence-corrected chi connectivity index (χ1v) is 8.36. The number of allylic oxidation sites excluding steroid dienone is 2. The average Bonchev–Trinajstić information content (AvgIpc) is 2.93. The Labute approximate surface area is 132 Å². The molecule has 2 aliphatic rings. The fourth-order valence-corrected chi connectivity index (χ4v) is 3.63. The molecule has 1 unspecified atom stereocenters. The lowest BCUT2D eigenvalue weighted by Gasteiger charge is -2.39. The second-order valence-corrected chi connectivity index (χ2v) is 7.07. The van der Waals surface area contributed by atoms with Gasteiger partial charge in [-0.1, -0.05) is 19.1 Å². The molecule has 1 aromatic heterocycles. The molecule has 22 heavy (non-hydrogen) atoms. The molecule has 1 atom stereocenters. The van der Waals surface area contributed by atoms with Crippen LogP contribution < -0.4 is 0 Å². The Morgan fingerprint density at radius 3 is 2.73 bits per heavy atom. The maximum absolute atomic E-state index is 12.8. The SMILES string of the molecule is Cn1cnnc1CC1CCN(C(=O)C2(C)CC=CCC2)CC1. The number of hydrogen-bond acceptors (Lipinski definition) is 3. The molecule has 5 heteroatoms. The van der Waals surface area contributed by atoms with Crippen LogP contribution in [0.25, 0.3) is 0 Å². The molecular formula is C17H26N4O. The molecule has 1 aliphatic heterocycles. The minimum Gasteiger partial charge on any atom is -0.342 e. The standard InChI is InChI=1S/C17H26N4O/c1-17(8-4-3-5-9-17)16(22)21-10-6-14(7-11-21)12-15-19-18-13-20(15)2/h3-4,13-14H,5-12H2,1-2H3. The number of carbonyl (C=O) groups excluding carboxylic acids is 1. The summed E-state index contributed by atoms with van der Waals surface area (Å²) in [6.45, 7) is 3.91. The number of likely N-dealkylation sites (tertiary alicyclic amines) is 1. The van der Waals surface area contributed by atoms with E-state index in [0.29, 0.717) is 11.8 Å². The quantitative estimate of drug-likeness (QED) is 0.805. The van der Waals surface area contributed by atoms with Gasteiger partial charge in [0.25, 0.3) is 0 Å². The van der Waals surface area contributed by atoms with E-state index in [1.165, 1.54) is 0 Å². The van der Waals surface area contributed by atoms with Crippen LogP contribution in [0.15, 0.2) is 18.5 Å². The van der Waals surface area contributed by atoms with E-state index in [2.05, 4.69) is 34.2 Å². The van der Waals surface area contributed by atoms with Gasteiger partial charge in [-0.15, -0.1) is 10.2 Å². The van der Waals surface area contributed by atoms with Gasteiger partial charge in [0.15, 0.2) is 0 Å². The summed E-state index contributed by atoms with van der Waals surface area (Å²) in [5.41, 5.74) is -0.175. The Morgan fingerprint density at radius 1 is 1.36 bits per heavy atom. The highest BCUT2D eigenvalue weighted by atomic mass is 16.2. The molecule has 0 radical (unpaired) electrons. The summed E-state index contributed by atoms with van der Waals surface area (Å²) in [5.74, 6) is 2.02. The molecule has 1 aromatic rings. The predicted molar refractivity (Wildman–Crippen MR) is 85.1 cm³/mol. The monoisotopic (exact) mass is 302 g/mol. The largest absolute Gasteiger partial charge is 0.342 e. The zero-order chi connectivity index (χ0) is 15.6. The number of nitrogens with zero attached hydrogens (tertiary/aromatic N) is 4. The summed E-state index contributed by atoms with van der Waals surface area (Å²) in [6, 6.07) is 0. The van der Waals surface area contributed by atoms with Crippen LogP contribution in [0.2, 0.25) is 0 Å². The van der Waals surface area contributed by atoms with Crippen LogP contribution in [0.1, 0.15) is 44.9 Å². The van der Waals surface area contributed by atoms with Crippen molar-refractivity contribution in [2.24, 2.45) is 18.4 Å². The summed E-state index contributed by atoms with van der Waals surface area (Å²) in [7, 11) is 1.99. The highest BCUT2D eigenvalue weighted by molar-refractivity contribution is 5.82. The van der Waals surface area contributed by atoms with Crippen LogP contribution in [-0.2, 0) is 18.3 Å². The molecule has 0 N–H and O–H groups in total. The maximum Gasteiger partial charge on any atom is 0.228 e. The minimum atomic E-state index is -0.175. The van der Waals surface area contributed by atoms with Crippen molar-refractivity contribution in [1.82, 2.24) is 19.7 Å². The molecule has 1 fully saturated rings. The first kappa shape index (κ1) is 15.3. The summed E-state index contributed by atoms with van der Waals surface area (Å²) in [5, 5.41) is 8.12. The van der Waals surface area contributed by atoms with Gasteiger partial charge < -0.3 is 9.47 Å². The Balaban J connectivity index is 1.54. The molecule has 1 saturated heterocycles. The van der Waals surface area contributed by atoms with E-state index in [0.717, 1.165) is 57.4 Å². The fourth-order valence-electron chi connectivity index (χ4n) is 3.63. The van der Waals surface area contributed by atoms with Gasteiger partial charge >= 0.3 is 0 Å². The van der Waals surface area contributed by atoms with Crippen molar-refractivity contribution in [3.63, 3.8) is 0 Å². The van der Waals surface area contributed by atoms with E-state index in [1.807, 2.05) is 11.6 Å². The summed E-state index contributed by atoms with van der Waals surface area (Å²) >= 11 is 0. The summed E-state index contributed by atoms with van der Waals surface area (Å²) in [4.78, 5) is 14.9. The first-order chi connectivity index (χ1) is 10.6. The van der Waals surface area contributed by atoms with Crippen molar-refractivity contribution >= 4 is 5.91 Å². The van der Waals surface area contributed by atoms with Crippen molar-refractivity contribution < 1.29 is 4.79 Å². The lowest BCUT2D eigenvalue weighted by molar-refractivity contribution is -0.143. The van der Waals surface area contributed by atoms with E-state index in [9.17, 15) is 4.79 Å². The summed E-state index contributed by atoms with van der Waals surface area (Å²) < 4.78 is 1.99. The number of hydrogen-bond donors (Lipinski definition) is 0. The number of rotatable bonds is 3. The second-order valence-electron chi connectivity index (χ2n) is 7.07. The molecule has 2 heterocycles. The van der Waals surface area contributed by atoms with Gasteiger partial charge in [0.1, 0.15) is 12.2 Å². The van der Waals surface area contributed by atoms with Gasteiger partial charge in [0.2, 0.25) is 5.91 Å². The van der Waals surface area contributed by atoms with Gasteiger partial charge in [0.05, 0.1) is 5.41 Å². The predicted octanol–water partition coefficient (Wildman–Crippen LogP) is 2.34. The van der Waals surface area contributed by atoms with Crippen molar-refractivity contribution in [3.8, 4) is 0 Å². The number of piperidine rings is 1. The molecule has 0 spiro atoms. The van der Waals surface area contributed by atoms with Crippen LogP contribution in [0.3, 0.4) is 0 Å². The second kappa shape index (κ2) is 6.23. The van der Waals surface area contributed by atoms with Gasteiger partial charge in [-0.2, -0.15) is 0 Å². The van der Waals surface area contributed by atoms with E-state index in [1.54, 1.807) is 6.33 Å². The molecule has 0 bridgehead atoms. The Kier molecular flexibility index (Phi) is 4.32. The van der Waals surface area contributed by atoms with Crippen LogP contribution >= 0.6 is 0 Å². The Hall–Kier alpha value is -1.65. The lowest BCUT2D eigenvalue weighted by Crippen LogP contribution is -2.46. The normalized spacial score (nSPS) is 26.4. The highest BCUT2D eigenvalue weighted by Crippen LogP contribution is 2.35. The highest BCUT2D eigenvalue weighted by Gasteiger charge is 2.37. The molecule has 0 aromatic carbocycles.